The van der Waals surface area contributed by atoms with Crippen LogP contribution in [0.25, 0.3) is 0 Å². The van der Waals surface area contributed by atoms with E-state index in [1.807, 2.05) is 9.44 Å². The van der Waals surface area contributed by atoms with Crippen LogP contribution in [0.4, 0.5) is 9.59 Å². The van der Waals surface area contributed by atoms with Gasteiger partial charge in [-0.05, 0) is 48.5 Å². The summed E-state index contributed by atoms with van der Waals surface area (Å²) < 4.78 is 67.5. The van der Waals surface area contributed by atoms with Gasteiger partial charge in [-0.15, -0.1) is 0 Å². The average molecular weight is 531 g/mol. The first kappa shape index (κ1) is 27.7. The molecule has 0 fully saturated rings. The third kappa shape index (κ3) is 8.95. The fourth-order valence-corrected chi connectivity index (χ4v) is 4.38. The molecule has 15 heteroatoms. The Morgan fingerprint density at radius 3 is 1.31 bits per heavy atom. The van der Waals surface area contributed by atoms with E-state index in [-0.39, 0.29) is 36.1 Å². The summed E-state index contributed by atoms with van der Waals surface area (Å²) in [4.78, 5) is 23.4. The predicted molar refractivity (Wildman–Crippen MR) is 124 cm³/mol. The van der Waals surface area contributed by atoms with Crippen molar-refractivity contribution in [2.45, 2.75) is 9.79 Å². The van der Waals surface area contributed by atoms with Crippen molar-refractivity contribution in [1.29, 1.82) is 0 Å². The Morgan fingerprint density at radius 2 is 1.00 bits per heavy atom. The zero-order valence-electron chi connectivity index (χ0n) is 18.9. The van der Waals surface area contributed by atoms with Crippen LogP contribution >= 0.6 is 0 Å². The number of methoxy groups -OCH3 is 2. The van der Waals surface area contributed by atoms with Gasteiger partial charge >= 0.3 is 12.1 Å². The molecule has 0 aliphatic carbocycles. The van der Waals surface area contributed by atoms with Gasteiger partial charge < -0.3 is 24.8 Å². The maximum atomic E-state index is 12.2. The molecule has 0 unspecified atom stereocenters. The number of carbonyl (C=O) groups excluding carboxylic acids is 2. The number of carbonyl (C=O) groups is 2. The number of nitrogens with one attached hydrogen (secondary N) is 4. The first-order valence-corrected chi connectivity index (χ1v) is 13.0. The standard InChI is InChI=1S/C20H26N4O9S2/c1-31-15-3-7-17(8-4-15)34(27,28)23-19(25)21-11-13-33-14-12-22-20(26)24-35(29,30)18-9-5-16(32-2)6-10-18/h3-10H,11-14H2,1-2H3,(H2,21,23,25)(H2,22,24,26). The molecule has 2 aromatic rings. The summed E-state index contributed by atoms with van der Waals surface area (Å²) in [7, 11) is -5.22. The van der Waals surface area contributed by atoms with E-state index in [2.05, 4.69) is 10.6 Å². The molecule has 35 heavy (non-hydrogen) atoms. The maximum absolute atomic E-state index is 12.2. The molecule has 0 atom stereocenters. The summed E-state index contributed by atoms with van der Waals surface area (Å²) in [5.41, 5.74) is 0. The van der Waals surface area contributed by atoms with E-state index in [4.69, 9.17) is 14.2 Å². The SMILES string of the molecule is COc1ccc(S(=O)(=O)NC(=O)NCCOCCNC(=O)NS(=O)(=O)c2ccc(OC)cc2)cc1. The summed E-state index contributed by atoms with van der Waals surface area (Å²) >= 11 is 0. The molecular weight excluding hydrogens is 504 g/mol. The van der Waals surface area contributed by atoms with E-state index < -0.39 is 32.1 Å². The summed E-state index contributed by atoms with van der Waals surface area (Å²) in [5.74, 6) is 0.938. The number of rotatable bonds is 12. The van der Waals surface area contributed by atoms with Crippen LogP contribution in [-0.4, -0.2) is 69.4 Å². The van der Waals surface area contributed by atoms with Crippen LogP contribution in [0.3, 0.4) is 0 Å². The lowest BCUT2D eigenvalue weighted by atomic mass is 10.3. The quantitative estimate of drug-likeness (QED) is 0.283. The molecule has 0 spiro atoms. The molecule has 0 heterocycles. The second-order valence-corrected chi connectivity index (χ2v) is 10.1. The Balaban J connectivity index is 1.63. The van der Waals surface area contributed by atoms with Gasteiger partial charge in [0.25, 0.3) is 20.0 Å². The van der Waals surface area contributed by atoms with Gasteiger partial charge in [0, 0.05) is 13.1 Å². The van der Waals surface area contributed by atoms with Crippen LogP contribution in [0, 0.1) is 0 Å². The fraction of sp³-hybridized carbons (Fsp3) is 0.300. The Labute approximate surface area is 203 Å². The third-order valence-corrected chi connectivity index (χ3v) is 6.95. The van der Waals surface area contributed by atoms with Crippen molar-refractivity contribution in [2.75, 3.05) is 40.5 Å². The lowest BCUT2D eigenvalue weighted by Gasteiger charge is -2.10. The van der Waals surface area contributed by atoms with Crippen LogP contribution < -0.4 is 29.6 Å². The normalized spacial score (nSPS) is 11.3. The van der Waals surface area contributed by atoms with Crippen LogP contribution in [0.15, 0.2) is 58.3 Å². The van der Waals surface area contributed by atoms with Gasteiger partial charge in [0.2, 0.25) is 0 Å². The number of urea groups is 2. The zero-order chi connectivity index (χ0) is 25.9. The molecule has 0 bridgehead atoms. The van der Waals surface area contributed by atoms with Crippen molar-refractivity contribution in [3.8, 4) is 11.5 Å². The van der Waals surface area contributed by atoms with Crippen molar-refractivity contribution in [1.82, 2.24) is 20.1 Å². The van der Waals surface area contributed by atoms with E-state index >= 15 is 0 Å². The van der Waals surface area contributed by atoms with Crippen molar-refractivity contribution < 1.29 is 40.6 Å². The Hall–Kier alpha value is -3.56. The molecule has 0 aromatic heterocycles. The first-order chi connectivity index (χ1) is 16.6. The predicted octanol–water partition coefficient (Wildman–Crippen LogP) is 0.396. The molecular formula is C20H26N4O9S2. The lowest BCUT2D eigenvalue weighted by molar-refractivity contribution is 0.139. The van der Waals surface area contributed by atoms with Gasteiger partial charge in [0.1, 0.15) is 11.5 Å². The van der Waals surface area contributed by atoms with E-state index in [1.54, 1.807) is 0 Å². The number of amides is 4. The van der Waals surface area contributed by atoms with Crippen molar-refractivity contribution in [2.24, 2.45) is 0 Å². The minimum Gasteiger partial charge on any atom is -0.497 e. The number of hydrogen-bond acceptors (Lipinski definition) is 9. The molecule has 0 aliphatic heterocycles. The highest BCUT2D eigenvalue weighted by molar-refractivity contribution is 7.90. The second kappa shape index (κ2) is 12.8. The minimum atomic E-state index is -4.05. The Bertz CT molecular complexity index is 1100. The van der Waals surface area contributed by atoms with Crippen molar-refractivity contribution >= 4 is 32.1 Å². The highest BCUT2D eigenvalue weighted by atomic mass is 32.2. The van der Waals surface area contributed by atoms with E-state index in [0.717, 1.165) is 0 Å². The second-order valence-electron chi connectivity index (χ2n) is 6.69. The maximum Gasteiger partial charge on any atom is 0.328 e. The van der Waals surface area contributed by atoms with Crippen LogP contribution in [0.5, 0.6) is 11.5 Å². The molecule has 13 nitrogen and oxygen atoms in total. The first-order valence-electron chi connectivity index (χ1n) is 10.0. The summed E-state index contributed by atoms with van der Waals surface area (Å²) in [6.45, 7) is 0.0108. The molecule has 192 valence electrons. The van der Waals surface area contributed by atoms with Gasteiger partial charge in [0.05, 0.1) is 37.2 Å². The lowest BCUT2D eigenvalue weighted by Crippen LogP contribution is -2.41. The molecule has 0 radical (unpaired) electrons. The topological polar surface area (TPSA) is 178 Å². The molecule has 2 aromatic carbocycles. The van der Waals surface area contributed by atoms with E-state index in [0.29, 0.717) is 11.5 Å². The van der Waals surface area contributed by atoms with Crippen LogP contribution in [0.2, 0.25) is 0 Å². The summed E-state index contributed by atoms with van der Waals surface area (Å²) in [6.07, 6.45) is 0. The smallest absolute Gasteiger partial charge is 0.328 e. The van der Waals surface area contributed by atoms with Crippen molar-refractivity contribution in [3.05, 3.63) is 48.5 Å². The van der Waals surface area contributed by atoms with Crippen molar-refractivity contribution in [3.63, 3.8) is 0 Å². The van der Waals surface area contributed by atoms with Crippen LogP contribution in [-0.2, 0) is 24.8 Å². The number of ether oxygens (including phenoxy) is 3. The minimum absolute atomic E-state index is 0.0119. The van der Waals surface area contributed by atoms with Gasteiger partial charge in [0.15, 0.2) is 0 Å². The zero-order valence-corrected chi connectivity index (χ0v) is 20.6. The highest BCUT2D eigenvalue weighted by Gasteiger charge is 2.18. The molecule has 0 saturated heterocycles. The van der Waals surface area contributed by atoms with E-state index in [9.17, 15) is 26.4 Å². The number of hydrogen-bond donors (Lipinski definition) is 4. The monoisotopic (exact) mass is 530 g/mol. The van der Waals surface area contributed by atoms with Gasteiger partial charge in [-0.1, -0.05) is 0 Å². The molecule has 4 amide bonds. The Kier molecular flexibility index (Phi) is 10.1. The third-order valence-electron chi connectivity index (χ3n) is 4.26. The summed E-state index contributed by atoms with van der Waals surface area (Å²) in [5, 5.41) is 4.64. The van der Waals surface area contributed by atoms with Crippen LogP contribution in [0.1, 0.15) is 0 Å². The van der Waals surface area contributed by atoms with Gasteiger partial charge in [-0.25, -0.2) is 35.9 Å². The average Bonchev–Trinajstić information content (AvgIpc) is 2.83. The Morgan fingerprint density at radius 1 is 0.657 bits per heavy atom. The van der Waals surface area contributed by atoms with E-state index in [1.165, 1.54) is 62.8 Å². The molecule has 0 aliphatic rings. The van der Waals surface area contributed by atoms with Gasteiger partial charge in [-0.3, -0.25) is 0 Å². The fourth-order valence-electron chi connectivity index (χ4n) is 2.52. The summed E-state index contributed by atoms with van der Waals surface area (Å²) in [6, 6.07) is 9.09. The molecule has 2 rings (SSSR count). The highest BCUT2D eigenvalue weighted by Crippen LogP contribution is 2.16. The number of sulfonamides is 2. The molecule has 4 N–H and O–H groups in total. The molecule has 0 saturated carbocycles. The van der Waals surface area contributed by atoms with Gasteiger partial charge in [-0.2, -0.15) is 0 Å². The number of benzene rings is 2. The largest absolute Gasteiger partial charge is 0.497 e.